The summed E-state index contributed by atoms with van der Waals surface area (Å²) < 4.78 is 2.08. The summed E-state index contributed by atoms with van der Waals surface area (Å²) in [6.45, 7) is 10.2. The monoisotopic (exact) mass is 343 g/mol. The van der Waals surface area contributed by atoms with Crippen molar-refractivity contribution in [3.8, 4) is 0 Å². The molecular weight excluding hydrogens is 314 g/mol. The molecule has 130 valence electrons. The number of para-hydroxylation sites is 1. The molecule has 3 rings (SSSR count). The summed E-state index contributed by atoms with van der Waals surface area (Å²) in [5.41, 5.74) is 9.14. The molecule has 2 aromatic rings. The van der Waals surface area contributed by atoms with Crippen molar-refractivity contribution in [2.75, 3.05) is 13.1 Å². The summed E-state index contributed by atoms with van der Waals surface area (Å²) in [6, 6.07) is 8.27. The average molecular weight is 343 g/mol. The van der Waals surface area contributed by atoms with Gasteiger partial charge in [0.2, 0.25) is 5.91 Å². The van der Waals surface area contributed by atoms with E-state index in [2.05, 4.69) is 28.1 Å². The van der Waals surface area contributed by atoms with Crippen LogP contribution in [0.3, 0.4) is 0 Å². The molecule has 0 saturated carbocycles. The molecule has 1 aliphatic heterocycles. The van der Waals surface area contributed by atoms with E-state index in [1.165, 1.54) is 16.6 Å². The number of carbonyl (C=O) groups is 1. The van der Waals surface area contributed by atoms with Crippen LogP contribution in [0.2, 0.25) is 0 Å². The molecule has 1 aliphatic rings. The van der Waals surface area contributed by atoms with Crippen LogP contribution in [0.25, 0.3) is 10.9 Å². The molecule has 0 bridgehead atoms. The zero-order valence-electron chi connectivity index (χ0n) is 14.6. The number of hydrogen-bond donors (Lipinski definition) is 2. The first-order chi connectivity index (χ1) is 10.8. The molecule has 0 spiro atoms. The van der Waals surface area contributed by atoms with Gasteiger partial charge in [-0.15, -0.1) is 0 Å². The number of nitrogens with one attached hydrogen (secondary N) is 1. The molecule has 0 unspecified atom stereocenters. The number of hydrogen-bond acceptors (Lipinski definition) is 2. The molecule has 23 heavy (non-hydrogen) atoms. The average Bonchev–Trinajstić information content (AvgIpc) is 2.73. The zero-order chi connectivity index (χ0) is 16.5. The molecule has 2 heterocycles. The van der Waals surface area contributed by atoms with Crippen LogP contribution >= 0.6 is 0 Å². The Hall–Kier alpha value is -0.550. The molecule has 1 amide bonds. The molecule has 0 atom stereocenters. The number of aromatic nitrogens is 1. The maximum Gasteiger partial charge on any atom is 0.237 e. The molecule has 4 nitrogen and oxygen atoms in total. The molecule has 1 aromatic carbocycles. The normalized spacial score (nSPS) is 12.5. The van der Waals surface area contributed by atoms with Crippen molar-refractivity contribution >= 4 is 16.8 Å². The van der Waals surface area contributed by atoms with Gasteiger partial charge in [-0.1, -0.05) is 45.9 Å². The van der Waals surface area contributed by atoms with Crippen LogP contribution in [0.15, 0.2) is 24.3 Å². The van der Waals surface area contributed by atoms with Gasteiger partial charge in [-0.25, -0.2) is 0 Å². The zero-order valence-corrected chi connectivity index (χ0v) is 15.3. The SMILES string of the molecule is CC.CC.NC(=O)Cn1c2c(c3ccccc31)CCNCC2.[Ar]. The number of nitrogens with zero attached hydrogens (tertiary/aromatic N) is 1. The molecule has 0 fully saturated rings. The minimum atomic E-state index is -0.282. The van der Waals surface area contributed by atoms with Crippen LogP contribution in [0.4, 0.5) is 0 Å². The Balaban J connectivity index is 0.000000901. The van der Waals surface area contributed by atoms with E-state index >= 15 is 0 Å². The summed E-state index contributed by atoms with van der Waals surface area (Å²) in [7, 11) is 0. The molecule has 0 saturated heterocycles. The van der Waals surface area contributed by atoms with Crippen LogP contribution in [-0.4, -0.2) is 23.6 Å². The van der Waals surface area contributed by atoms with Gasteiger partial charge >= 0.3 is 0 Å². The molecule has 0 aliphatic carbocycles. The van der Waals surface area contributed by atoms with E-state index in [-0.39, 0.29) is 50.2 Å². The number of carbonyl (C=O) groups excluding carboxylic acids is 1. The third-order valence-electron chi connectivity index (χ3n) is 3.60. The maximum atomic E-state index is 11.3. The summed E-state index contributed by atoms with van der Waals surface area (Å²) in [5, 5.41) is 4.66. The van der Waals surface area contributed by atoms with Gasteiger partial charge in [0.25, 0.3) is 0 Å². The number of benzene rings is 1. The van der Waals surface area contributed by atoms with Gasteiger partial charge in [-0.05, 0) is 24.6 Å². The Morgan fingerprint density at radius 1 is 1.13 bits per heavy atom. The third-order valence-corrected chi connectivity index (χ3v) is 3.60. The Kier molecular flexibility index (Phi) is 11.6. The first kappa shape index (κ1) is 22.4. The fourth-order valence-corrected chi connectivity index (χ4v) is 2.87. The van der Waals surface area contributed by atoms with E-state index in [0.717, 1.165) is 31.4 Å². The van der Waals surface area contributed by atoms with Gasteiger partial charge < -0.3 is 15.6 Å². The Bertz CT molecular complexity index is 608. The van der Waals surface area contributed by atoms with Crippen molar-refractivity contribution in [2.45, 2.75) is 47.1 Å². The molecule has 1 aromatic heterocycles. The van der Waals surface area contributed by atoms with Crippen molar-refractivity contribution in [3.05, 3.63) is 35.5 Å². The maximum absolute atomic E-state index is 11.3. The van der Waals surface area contributed by atoms with Crippen molar-refractivity contribution in [1.29, 1.82) is 0 Å². The van der Waals surface area contributed by atoms with E-state index in [0.29, 0.717) is 0 Å². The molecule has 5 heteroatoms. The van der Waals surface area contributed by atoms with Gasteiger partial charge in [-0.2, -0.15) is 0 Å². The van der Waals surface area contributed by atoms with Crippen molar-refractivity contribution in [1.82, 2.24) is 9.88 Å². The second kappa shape index (κ2) is 11.9. The van der Waals surface area contributed by atoms with Crippen LogP contribution < -0.4 is 11.1 Å². The molecule has 3 N–H and O–H groups in total. The van der Waals surface area contributed by atoms with E-state index in [1.807, 2.05) is 33.8 Å². The van der Waals surface area contributed by atoms with E-state index < -0.39 is 0 Å². The van der Waals surface area contributed by atoms with Crippen LogP contribution in [0.1, 0.15) is 39.0 Å². The van der Waals surface area contributed by atoms with Crippen LogP contribution in [0, 0.1) is 37.7 Å². The van der Waals surface area contributed by atoms with Crippen molar-refractivity contribution in [2.24, 2.45) is 5.73 Å². The molecular formula is C18H29ArN3O. The largest absolute Gasteiger partial charge is 0.368 e. The summed E-state index contributed by atoms with van der Waals surface area (Å²) in [6.07, 6.45) is 1.97. The third kappa shape index (κ3) is 5.49. The quantitative estimate of drug-likeness (QED) is 0.881. The van der Waals surface area contributed by atoms with Crippen LogP contribution in [0.5, 0.6) is 0 Å². The topological polar surface area (TPSA) is 60.1 Å². The number of rotatable bonds is 2. The van der Waals surface area contributed by atoms with Crippen molar-refractivity contribution in [3.63, 3.8) is 0 Å². The Morgan fingerprint density at radius 2 is 1.74 bits per heavy atom. The van der Waals surface area contributed by atoms with E-state index in [4.69, 9.17) is 5.73 Å². The van der Waals surface area contributed by atoms with Gasteiger partial charge in [0.05, 0.1) is 0 Å². The number of fused-ring (bicyclic) bond motifs is 3. The van der Waals surface area contributed by atoms with Crippen LogP contribution in [-0.2, 0) is 24.2 Å². The Morgan fingerprint density at radius 3 is 2.39 bits per heavy atom. The fraction of sp³-hybridized carbons (Fsp3) is 0.500. The van der Waals surface area contributed by atoms with E-state index in [1.54, 1.807) is 0 Å². The van der Waals surface area contributed by atoms with Gasteiger partial charge in [0.15, 0.2) is 0 Å². The first-order valence-corrected chi connectivity index (χ1v) is 8.35. The van der Waals surface area contributed by atoms with Gasteiger partial charge in [-0.3, -0.25) is 4.79 Å². The van der Waals surface area contributed by atoms with Gasteiger partial charge in [0, 0.05) is 67.3 Å². The second-order valence-electron chi connectivity index (χ2n) is 4.74. The Labute approximate surface area is 169 Å². The van der Waals surface area contributed by atoms with Gasteiger partial charge in [0.1, 0.15) is 6.54 Å². The van der Waals surface area contributed by atoms with E-state index in [9.17, 15) is 4.79 Å². The minimum absolute atomic E-state index is 0. The smallest absolute Gasteiger partial charge is 0.237 e. The number of nitrogens with two attached hydrogens (primary N) is 1. The minimum Gasteiger partial charge on any atom is -0.368 e. The predicted molar refractivity (Wildman–Crippen MR) is 94.1 cm³/mol. The summed E-state index contributed by atoms with van der Waals surface area (Å²) in [4.78, 5) is 11.3. The summed E-state index contributed by atoms with van der Waals surface area (Å²) in [5.74, 6) is -0.282. The first-order valence-electron chi connectivity index (χ1n) is 8.35. The second-order valence-corrected chi connectivity index (χ2v) is 4.74. The predicted octanol–water partition coefficient (Wildman–Crippen LogP) is 2.87. The number of primary amides is 1. The summed E-state index contributed by atoms with van der Waals surface area (Å²) >= 11 is 0. The fourth-order valence-electron chi connectivity index (χ4n) is 2.87. The van der Waals surface area contributed by atoms with Crippen molar-refractivity contribution < 1.29 is 42.5 Å². The number of amides is 1. The molecule has 0 radical (unpaired) electrons. The standard InChI is InChI=1S/C14H17N3O.2C2H6.Ar/c15-14(18)9-17-12-4-2-1-3-10(12)11-5-7-16-8-6-13(11)17;2*1-2;/h1-4,16H,5-9H2,(H2,15,18);2*1-2H3;.